The molecule has 1 heterocycles. The third kappa shape index (κ3) is 3.30. The van der Waals surface area contributed by atoms with Crippen LogP contribution in [0.4, 0.5) is 8.78 Å². The predicted molar refractivity (Wildman–Crippen MR) is 74.0 cm³/mol. The van der Waals surface area contributed by atoms with Crippen molar-refractivity contribution in [2.75, 3.05) is 7.05 Å². The van der Waals surface area contributed by atoms with E-state index in [-0.39, 0.29) is 11.7 Å². The van der Waals surface area contributed by atoms with Gasteiger partial charge in [-0.2, -0.15) is 8.78 Å². The summed E-state index contributed by atoms with van der Waals surface area (Å²) >= 11 is 6.21. The molecule has 1 aliphatic heterocycles. The summed E-state index contributed by atoms with van der Waals surface area (Å²) in [6.45, 7) is -2.85. The molecule has 0 spiro atoms. The van der Waals surface area contributed by atoms with E-state index >= 15 is 0 Å². The first-order chi connectivity index (χ1) is 8.97. The Hall–Kier alpha value is -1.47. The average Bonchev–Trinajstić information content (AvgIpc) is 2.59. The van der Waals surface area contributed by atoms with Gasteiger partial charge in [0, 0.05) is 7.05 Å². The maximum absolute atomic E-state index is 12.0. The molecule has 0 aliphatic carbocycles. The molecule has 2 rings (SSSR count). The summed E-state index contributed by atoms with van der Waals surface area (Å²) in [5.41, 5.74) is 0.718. The van der Waals surface area contributed by atoms with Gasteiger partial charge in [-0.3, -0.25) is 9.69 Å². The van der Waals surface area contributed by atoms with E-state index in [4.69, 9.17) is 12.2 Å². The molecule has 19 heavy (non-hydrogen) atoms. The van der Waals surface area contributed by atoms with Crippen molar-refractivity contribution in [1.29, 1.82) is 0 Å². The fraction of sp³-hybridized carbons (Fsp3) is 0.167. The Labute approximate surface area is 118 Å². The van der Waals surface area contributed by atoms with Crippen LogP contribution in [0.25, 0.3) is 6.08 Å². The lowest BCUT2D eigenvalue weighted by atomic mass is 10.2. The number of amides is 1. The number of halogens is 2. The monoisotopic (exact) mass is 301 g/mol. The molecule has 7 heteroatoms. The first-order valence-corrected chi connectivity index (χ1v) is 6.46. The van der Waals surface area contributed by atoms with Crippen LogP contribution in [0.15, 0.2) is 29.2 Å². The fourth-order valence-electron chi connectivity index (χ4n) is 1.44. The third-order valence-corrected chi connectivity index (χ3v) is 3.87. The zero-order valence-electron chi connectivity index (χ0n) is 9.80. The van der Waals surface area contributed by atoms with Gasteiger partial charge in [0.25, 0.3) is 5.91 Å². The molecule has 100 valence electrons. The van der Waals surface area contributed by atoms with E-state index in [1.165, 1.54) is 28.8 Å². The minimum Gasteiger partial charge on any atom is -0.435 e. The Morgan fingerprint density at radius 1 is 1.37 bits per heavy atom. The number of ether oxygens (including phenoxy) is 1. The molecule has 0 aromatic heterocycles. The molecule has 1 amide bonds. The van der Waals surface area contributed by atoms with Crippen molar-refractivity contribution >= 4 is 40.3 Å². The highest BCUT2D eigenvalue weighted by Gasteiger charge is 2.28. The van der Waals surface area contributed by atoms with Crippen LogP contribution >= 0.6 is 24.0 Å². The van der Waals surface area contributed by atoms with Gasteiger partial charge in [0.05, 0.1) is 4.91 Å². The van der Waals surface area contributed by atoms with Gasteiger partial charge in [0.15, 0.2) is 0 Å². The van der Waals surface area contributed by atoms with Crippen molar-refractivity contribution in [1.82, 2.24) is 4.90 Å². The van der Waals surface area contributed by atoms with Crippen molar-refractivity contribution in [2.45, 2.75) is 6.61 Å². The lowest BCUT2D eigenvalue weighted by molar-refractivity contribution is -0.121. The molecule has 0 N–H and O–H groups in total. The Morgan fingerprint density at radius 3 is 2.47 bits per heavy atom. The molecule has 1 aromatic rings. The first kappa shape index (κ1) is 14.0. The topological polar surface area (TPSA) is 29.5 Å². The minimum atomic E-state index is -2.85. The van der Waals surface area contributed by atoms with Crippen molar-refractivity contribution in [3.8, 4) is 5.75 Å². The Balaban J connectivity index is 2.16. The highest BCUT2D eigenvalue weighted by Crippen LogP contribution is 2.31. The van der Waals surface area contributed by atoms with Crippen LogP contribution < -0.4 is 4.74 Å². The molecule has 0 unspecified atom stereocenters. The number of carbonyl (C=O) groups is 1. The maximum Gasteiger partial charge on any atom is 0.387 e. The lowest BCUT2D eigenvalue weighted by Gasteiger charge is -2.04. The summed E-state index contributed by atoms with van der Waals surface area (Å²) in [4.78, 5) is 13.7. The van der Waals surface area contributed by atoms with Gasteiger partial charge < -0.3 is 4.74 Å². The van der Waals surface area contributed by atoms with Crippen LogP contribution in [0.2, 0.25) is 0 Å². The number of hydrogen-bond donors (Lipinski definition) is 0. The van der Waals surface area contributed by atoms with Crippen LogP contribution in [0.1, 0.15) is 5.56 Å². The molecule has 3 nitrogen and oxygen atoms in total. The van der Waals surface area contributed by atoms with Gasteiger partial charge in [-0.1, -0.05) is 36.1 Å². The van der Waals surface area contributed by atoms with Gasteiger partial charge in [-0.05, 0) is 23.8 Å². The molecule has 0 radical (unpaired) electrons. The number of likely N-dealkylation sites (N-methyl/N-ethyl adjacent to an activating group) is 1. The summed E-state index contributed by atoms with van der Waals surface area (Å²) in [5.74, 6) is -0.0851. The largest absolute Gasteiger partial charge is 0.435 e. The van der Waals surface area contributed by atoms with Crippen molar-refractivity contribution in [2.24, 2.45) is 0 Å². The molecule has 1 fully saturated rings. The second kappa shape index (κ2) is 5.66. The van der Waals surface area contributed by atoms with Crippen molar-refractivity contribution in [3.05, 3.63) is 34.7 Å². The Morgan fingerprint density at radius 2 is 2.00 bits per heavy atom. The molecular formula is C12H9F2NO2S2. The second-order valence-corrected chi connectivity index (χ2v) is 5.36. The number of nitrogens with zero attached hydrogens (tertiary/aromatic N) is 1. The van der Waals surface area contributed by atoms with Crippen LogP contribution in [0, 0.1) is 0 Å². The Kier molecular flexibility index (Phi) is 4.16. The molecule has 1 aromatic carbocycles. The molecule has 0 atom stereocenters. The van der Waals surface area contributed by atoms with Gasteiger partial charge in [-0.25, -0.2) is 0 Å². The van der Waals surface area contributed by atoms with Crippen molar-refractivity contribution in [3.63, 3.8) is 0 Å². The predicted octanol–water partition coefficient (Wildman–Crippen LogP) is 3.12. The number of thioether (sulfide) groups is 1. The van der Waals surface area contributed by atoms with Crippen LogP contribution in [-0.2, 0) is 4.79 Å². The van der Waals surface area contributed by atoms with E-state index in [1.807, 2.05) is 0 Å². The fourth-order valence-corrected chi connectivity index (χ4v) is 2.62. The SMILES string of the molecule is CN1C(=O)/C(=C\c2ccc(OC(F)F)cc2)SC1=S. The summed E-state index contributed by atoms with van der Waals surface area (Å²) in [6.07, 6.45) is 1.66. The summed E-state index contributed by atoms with van der Waals surface area (Å²) in [7, 11) is 1.61. The average molecular weight is 301 g/mol. The van der Waals surface area contributed by atoms with E-state index in [0.29, 0.717) is 9.23 Å². The summed E-state index contributed by atoms with van der Waals surface area (Å²) in [6, 6.07) is 6.04. The van der Waals surface area contributed by atoms with E-state index in [2.05, 4.69) is 4.74 Å². The van der Waals surface area contributed by atoms with Gasteiger partial charge in [-0.15, -0.1) is 0 Å². The Bertz CT molecular complexity index is 543. The second-order valence-electron chi connectivity index (χ2n) is 3.69. The van der Waals surface area contributed by atoms with E-state index in [9.17, 15) is 13.6 Å². The van der Waals surface area contributed by atoms with Crippen LogP contribution in [-0.4, -0.2) is 28.8 Å². The normalized spacial score (nSPS) is 17.7. The van der Waals surface area contributed by atoms with Gasteiger partial charge in [0.1, 0.15) is 10.1 Å². The molecule has 0 bridgehead atoms. The smallest absolute Gasteiger partial charge is 0.387 e. The third-order valence-electron chi connectivity index (χ3n) is 2.39. The van der Waals surface area contributed by atoms with Crippen molar-refractivity contribution < 1.29 is 18.3 Å². The number of benzene rings is 1. The molecule has 0 saturated carbocycles. The van der Waals surface area contributed by atoms with Gasteiger partial charge >= 0.3 is 6.61 Å². The highest BCUT2D eigenvalue weighted by molar-refractivity contribution is 8.26. The quantitative estimate of drug-likeness (QED) is 0.634. The van der Waals surface area contributed by atoms with Gasteiger partial charge in [0.2, 0.25) is 0 Å². The summed E-state index contributed by atoms with van der Waals surface area (Å²) in [5, 5.41) is 0. The number of alkyl halides is 2. The van der Waals surface area contributed by atoms with E-state index in [0.717, 1.165) is 5.56 Å². The van der Waals surface area contributed by atoms with Crippen LogP contribution in [0.5, 0.6) is 5.75 Å². The minimum absolute atomic E-state index is 0.0789. The summed E-state index contributed by atoms with van der Waals surface area (Å²) < 4.78 is 28.7. The van der Waals surface area contributed by atoms with Crippen LogP contribution in [0.3, 0.4) is 0 Å². The number of thiocarbonyl (C=S) groups is 1. The first-order valence-electron chi connectivity index (χ1n) is 5.24. The molecular weight excluding hydrogens is 292 g/mol. The highest BCUT2D eigenvalue weighted by atomic mass is 32.2. The lowest BCUT2D eigenvalue weighted by Crippen LogP contribution is -2.22. The van der Waals surface area contributed by atoms with E-state index < -0.39 is 6.61 Å². The zero-order valence-corrected chi connectivity index (χ0v) is 11.4. The maximum atomic E-state index is 12.0. The molecule has 1 aliphatic rings. The standard InChI is InChI=1S/C12H9F2NO2S2/c1-15-10(16)9(19-12(15)18)6-7-2-4-8(5-3-7)17-11(13)14/h2-6,11H,1H3/b9-6+. The number of carbonyl (C=O) groups excluding carboxylic acids is 1. The number of hydrogen-bond acceptors (Lipinski definition) is 4. The number of rotatable bonds is 3. The zero-order chi connectivity index (χ0) is 14.0. The molecule has 1 saturated heterocycles. The van der Waals surface area contributed by atoms with E-state index in [1.54, 1.807) is 25.3 Å².